The number of nitrogens with zero attached hydrogens (tertiary/aromatic N) is 4. The second-order valence-electron chi connectivity index (χ2n) is 8.22. The van der Waals surface area contributed by atoms with Gasteiger partial charge in [-0.3, -0.25) is 0 Å². The van der Waals surface area contributed by atoms with Gasteiger partial charge in [0.15, 0.2) is 6.04 Å². The summed E-state index contributed by atoms with van der Waals surface area (Å²) >= 11 is 0. The van der Waals surface area contributed by atoms with Crippen molar-refractivity contribution in [3.63, 3.8) is 0 Å². The topological polar surface area (TPSA) is 52.5 Å². The second-order valence-corrected chi connectivity index (χ2v) is 8.22. The molecule has 2 aliphatic rings. The van der Waals surface area contributed by atoms with Crippen molar-refractivity contribution in [3.05, 3.63) is 5.82 Å². The van der Waals surface area contributed by atoms with Crippen molar-refractivity contribution in [2.45, 2.75) is 71.4 Å². The molecule has 0 spiro atoms. The lowest BCUT2D eigenvalue weighted by Crippen LogP contribution is -3.28. The number of nitrogens with one attached hydrogen (secondary N) is 2. The molecule has 0 radical (unpaired) electrons. The quantitative estimate of drug-likeness (QED) is 0.773. The highest BCUT2D eigenvalue weighted by Crippen LogP contribution is 2.29. The summed E-state index contributed by atoms with van der Waals surface area (Å²) in [6, 6.07) is 0.987. The van der Waals surface area contributed by atoms with E-state index in [1.54, 1.807) is 9.80 Å². The zero-order valence-electron chi connectivity index (χ0n) is 15.8. The number of hydrogen-bond donors (Lipinski definition) is 2. The number of aromatic nitrogens is 4. The van der Waals surface area contributed by atoms with Crippen LogP contribution in [0.3, 0.4) is 0 Å². The van der Waals surface area contributed by atoms with E-state index in [1.165, 1.54) is 71.2 Å². The molecule has 0 amide bonds. The molecule has 1 saturated heterocycles. The molecule has 24 heavy (non-hydrogen) atoms. The second kappa shape index (κ2) is 8.39. The maximum atomic E-state index is 4.53. The van der Waals surface area contributed by atoms with Crippen LogP contribution in [0.2, 0.25) is 0 Å². The Morgan fingerprint density at radius 2 is 1.79 bits per heavy atom. The molecule has 1 aromatic rings. The Hall–Kier alpha value is -1.01. The van der Waals surface area contributed by atoms with Crippen molar-refractivity contribution in [2.75, 3.05) is 32.7 Å². The van der Waals surface area contributed by atoms with Crippen molar-refractivity contribution in [1.29, 1.82) is 0 Å². The predicted octanol–water partition coefficient (Wildman–Crippen LogP) is 0.0688. The third kappa shape index (κ3) is 4.14. The van der Waals surface area contributed by atoms with Crippen LogP contribution < -0.4 is 9.80 Å². The van der Waals surface area contributed by atoms with Gasteiger partial charge in [-0.2, -0.15) is 0 Å². The minimum absolute atomic E-state index is 0.459. The van der Waals surface area contributed by atoms with Gasteiger partial charge in [0, 0.05) is 6.42 Å². The number of quaternary nitrogens is 2. The van der Waals surface area contributed by atoms with E-state index in [1.807, 2.05) is 0 Å². The Morgan fingerprint density at radius 3 is 2.42 bits per heavy atom. The first kappa shape index (κ1) is 17.8. The van der Waals surface area contributed by atoms with E-state index in [-0.39, 0.29) is 0 Å². The molecule has 136 valence electrons. The van der Waals surface area contributed by atoms with Crippen molar-refractivity contribution in [2.24, 2.45) is 5.92 Å². The zero-order chi connectivity index (χ0) is 16.9. The summed E-state index contributed by atoms with van der Waals surface area (Å²) in [6.45, 7) is 13.3. The van der Waals surface area contributed by atoms with Crippen molar-refractivity contribution in [1.82, 2.24) is 20.2 Å². The van der Waals surface area contributed by atoms with Crippen LogP contribution in [-0.2, 0) is 0 Å². The Labute approximate surface area is 146 Å². The van der Waals surface area contributed by atoms with Crippen LogP contribution >= 0.6 is 0 Å². The summed E-state index contributed by atoms with van der Waals surface area (Å²) in [5.41, 5.74) is 0. The minimum atomic E-state index is 0.459. The molecule has 3 rings (SSSR count). The van der Waals surface area contributed by atoms with Crippen LogP contribution in [0.5, 0.6) is 0 Å². The molecule has 6 heteroatoms. The Morgan fingerprint density at radius 1 is 1.08 bits per heavy atom. The van der Waals surface area contributed by atoms with Gasteiger partial charge in [-0.05, 0) is 36.1 Å². The van der Waals surface area contributed by atoms with Gasteiger partial charge >= 0.3 is 0 Å². The highest BCUT2D eigenvalue weighted by molar-refractivity contribution is 4.91. The minimum Gasteiger partial charge on any atom is -0.326 e. The van der Waals surface area contributed by atoms with Crippen LogP contribution in [0.4, 0.5) is 0 Å². The molecule has 2 N–H and O–H groups in total. The summed E-state index contributed by atoms with van der Waals surface area (Å²) in [5, 5.41) is 13.1. The average Bonchev–Trinajstić information content (AvgIpc) is 3.10. The molecule has 1 aromatic heterocycles. The molecule has 1 aliphatic heterocycles. The van der Waals surface area contributed by atoms with Gasteiger partial charge in [-0.15, -0.1) is 5.10 Å². The molecular formula is C18H36N6+2. The first-order chi connectivity index (χ1) is 11.7. The molecule has 6 nitrogen and oxygen atoms in total. The van der Waals surface area contributed by atoms with Crippen LogP contribution in [0.1, 0.15) is 77.2 Å². The van der Waals surface area contributed by atoms with Crippen LogP contribution in [0, 0.1) is 5.92 Å². The predicted molar refractivity (Wildman–Crippen MR) is 94.1 cm³/mol. The van der Waals surface area contributed by atoms with E-state index < -0.39 is 0 Å². The van der Waals surface area contributed by atoms with Crippen LogP contribution in [-0.4, -0.2) is 52.9 Å². The third-order valence-electron chi connectivity index (χ3n) is 6.05. The lowest BCUT2D eigenvalue weighted by molar-refractivity contribution is -1.03. The average molecular weight is 337 g/mol. The van der Waals surface area contributed by atoms with Gasteiger partial charge in [0.05, 0.1) is 12.6 Å². The first-order valence-corrected chi connectivity index (χ1v) is 10.1. The molecule has 1 atom stereocenters. The normalized spacial score (nSPS) is 27.5. The summed E-state index contributed by atoms with van der Waals surface area (Å²) < 4.78 is 2.21. The smallest absolute Gasteiger partial charge is 0.209 e. The molecule has 1 saturated carbocycles. The molecule has 2 heterocycles. The molecule has 0 bridgehead atoms. The third-order valence-corrected chi connectivity index (χ3v) is 6.05. The summed E-state index contributed by atoms with van der Waals surface area (Å²) in [6.07, 6.45) is 7.69. The van der Waals surface area contributed by atoms with Gasteiger partial charge in [0.2, 0.25) is 5.82 Å². The fourth-order valence-electron chi connectivity index (χ4n) is 4.57. The van der Waals surface area contributed by atoms with Crippen LogP contribution in [0.15, 0.2) is 0 Å². The van der Waals surface area contributed by atoms with E-state index >= 15 is 0 Å². The van der Waals surface area contributed by atoms with E-state index in [2.05, 4.69) is 41.0 Å². The van der Waals surface area contributed by atoms with Gasteiger partial charge in [-0.1, -0.05) is 33.1 Å². The van der Waals surface area contributed by atoms with Gasteiger partial charge in [0.1, 0.15) is 26.2 Å². The van der Waals surface area contributed by atoms with E-state index in [4.69, 9.17) is 0 Å². The number of likely N-dealkylation sites (N-methyl/N-ethyl adjacent to an activating group) is 1. The number of piperazine rings is 1. The largest absolute Gasteiger partial charge is 0.326 e. The lowest BCUT2D eigenvalue weighted by Gasteiger charge is -2.35. The highest BCUT2D eigenvalue weighted by Gasteiger charge is 2.35. The molecule has 1 aliphatic carbocycles. The Bertz CT molecular complexity index is 485. The maximum absolute atomic E-state index is 4.53. The monoisotopic (exact) mass is 336 g/mol. The van der Waals surface area contributed by atoms with Crippen LogP contribution in [0.25, 0.3) is 0 Å². The summed E-state index contributed by atoms with van der Waals surface area (Å²) in [5.74, 6) is 1.83. The van der Waals surface area contributed by atoms with Crippen molar-refractivity contribution >= 4 is 0 Å². The first-order valence-electron chi connectivity index (χ1n) is 10.1. The van der Waals surface area contributed by atoms with Gasteiger partial charge in [0.25, 0.3) is 0 Å². The van der Waals surface area contributed by atoms with Gasteiger partial charge < -0.3 is 9.80 Å². The van der Waals surface area contributed by atoms with Crippen molar-refractivity contribution < 1.29 is 9.80 Å². The molecular weight excluding hydrogens is 300 g/mol. The Balaban J connectivity index is 1.77. The Kier molecular flexibility index (Phi) is 6.22. The molecule has 2 fully saturated rings. The summed E-state index contributed by atoms with van der Waals surface area (Å²) in [7, 11) is 0. The lowest BCUT2D eigenvalue weighted by atomic mass is 9.94. The van der Waals surface area contributed by atoms with Gasteiger partial charge in [-0.25, -0.2) is 4.68 Å². The SMILES string of the molecule is CC[NH+]1CC[NH+]([C@@H](CC(C)C)c2nnnn2C2CCCCC2)CC1. The van der Waals surface area contributed by atoms with E-state index in [9.17, 15) is 0 Å². The standard InChI is InChI=1S/C18H34N6/c1-4-22-10-12-23(13-11-22)17(14-15(2)3)18-19-20-21-24(18)16-8-6-5-7-9-16/h15-17H,4-14H2,1-3H3/p+2/t17-/m0/s1. The zero-order valence-corrected chi connectivity index (χ0v) is 15.8. The number of hydrogen-bond acceptors (Lipinski definition) is 3. The summed E-state index contributed by atoms with van der Waals surface area (Å²) in [4.78, 5) is 3.45. The maximum Gasteiger partial charge on any atom is 0.209 e. The fourth-order valence-corrected chi connectivity index (χ4v) is 4.57. The molecule has 0 aromatic carbocycles. The fraction of sp³-hybridized carbons (Fsp3) is 0.944. The van der Waals surface area contributed by atoms with E-state index in [0.29, 0.717) is 18.0 Å². The molecule has 0 unspecified atom stereocenters. The van der Waals surface area contributed by atoms with Crippen molar-refractivity contribution in [3.8, 4) is 0 Å². The number of rotatable bonds is 6. The number of tetrazole rings is 1. The van der Waals surface area contributed by atoms with E-state index in [0.717, 1.165) is 5.82 Å². The highest BCUT2D eigenvalue weighted by atomic mass is 15.6.